The number of halogens is 2. The predicted molar refractivity (Wildman–Crippen MR) is 67.2 cm³/mol. The number of hydrogen-bond acceptors (Lipinski definition) is 2. The number of hydrogen-bond donors (Lipinski definition) is 1. The molecule has 17 heavy (non-hydrogen) atoms. The van der Waals surface area contributed by atoms with Crippen LogP contribution in [-0.4, -0.2) is 6.54 Å². The maximum Gasteiger partial charge on any atom is 0.130 e. The Hall–Kier alpha value is -1.11. The van der Waals surface area contributed by atoms with Crippen LogP contribution in [-0.2, 0) is 0 Å². The summed E-state index contributed by atoms with van der Waals surface area (Å²) in [7, 11) is 0. The highest BCUT2D eigenvalue weighted by Crippen LogP contribution is 2.25. The van der Waals surface area contributed by atoms with Crippen LogP contribution in [0.5, 0.6) is 0 Å². The van der Waals surface area contributed by atoms with E-state index in [-0.39, 0.29) is 10.6 Å². The molecule has 0 radical (unpaired) electrons. The SMILES string of the molecule is CC(C)CCNC(C#N)c1c(F)cccc1Cl. The summed E-state index contributed by atoms with van der Waals surface area (Å²) in [6.45, 7) is 4.86. The first-order valence-corrected chi connectivity index (χ1v) is 6.01. The maximum atomic E-state index is 13.6. The molecule has 1 aromatic rings. The molecule has 0 heterocycles. The van der Waals surface area contributed by atoms with Crippen molar-refractivity contribution in [3.05, 3.63) is 34.6 Å². The second kappa shape index (κ2) is 6.58. The maximum absolute atomic E-state index is 13.6. The Morgan fingerprint density at radius 1 is 1.47 bits per heavy atom. The summed E-state index contributed by atoms with van der Waals surface area (Å²) in [4.78, 5) is 0. The number of nitrogens with zero attached hydrogens (tertiary/aromatic N) is 1. The first-order valence-electron chi connectivity index (χ1n) is 5.63. The zero-order valence-corrected chi connectivity index (χ0v) is 10.8. The second-order valence-corrected chi connectivity index (χ2v) is 4.74. The lowest BCUT2D eigenvalue weighted by Gasteiger charge is -2.14. The minimum absolute atomic E-state index is 0.237. The fourth-order valence-corrected chi connectivity index (χ4v) is 1.79. The summed E-state index contributed by atoms with van der Waals surface area (Å²) in [5.74, 6) is 0.0963. The van der Waals surface area contributed by atoms with Gasteiger partial charge in [-0.15, -0.1) is 0 Å². The van der Waals surface area contributed by atoms with Gasteiger partial charge in [0.05, 0.1) is 6.07 Å². The largest absolute Gasteiger partial charge is 0.298 e. The number of benzene rings is 1. The molecule has 0 spiro atoms. The van der Waals surface area contributed by atoms with E-state index in [9.17, 15) is 4.39 Å². The van der Waals surface area contributed by atoms with E-state index in [1.165, 1.54) is 12.1 Å². The molecule has 0 saturated carbocycles. The third-order valence-corrected chi connectivity index (χ3v) is 2.82. The van der Waals surface area contributed by atoms with Crippen molar-refractivity contribution >= 4 is 11.6 Å². The summed E-state index contributed by atoms with van der Waals surface area (Å²) in [6, 6.07) is 5.78. The average molecular weight is 255 g/mol. The third kappa shape index (κ3) is 3.99. The highest BCUT2D eigenvalue weighted by Gasteiger charge is 2.17. The second-order valence-electron chi connectivity index (χ2n) is 4.33. The van der Waals surface area contributed by atoms with Gasteiger partial charge in [0.2, 0.25) is 0 Å². The van der Waals surface area contributed by atoms with Crippen molar-refractivity contribution in [3.8, 4) is 6.07 Å². The molecule has 0 aliphatic carbocycles. The molecule has 0 aromatic heterocycles. The van der Waals surface area contributed by atoms with Gasteiger partial charge in [-0.3, -0.25) is 5.32 Å². The average Bonchev–Trinajstić information content (AvgIpc) is 2.26. The molecule has 4 heteroatoms. The molecule has 1 atom stereocenters. The van der Waals surface area contributed by atoms with Gasteiger partial charge in [-0.05, 0) is 31.0 Å². The molecule has 92 valence electrons. The molecule has 0 aliphatic rings. The summed E-state index contributed by atoms with van der Waals surface area (Å²) in [5.41, 5.74) is 0.237. The Morgan fingerprint density at radius 2 is 2.18 bits per heavy atom. The predicted octanol–water partition coefficient (Wildman–Crippen LogP) is 3.68. The first kappa shape index (κ1) is 14.0. The van der Waals surface area contributed by atoms with Crippen LogP contribution < -0.4 is 5.32 Å². The van der Waals surface area contributed by atoms with Gasteiger partial charge >= 0.3 is 0 Å². The van der Waals surface area contributed by atoms with Gasteiger partial charge in [0.1, 0.15) is 11.9 Å². The molecule has 1 aromatic carbocycles. The van der Waals surface area contributed by atoms with E-state index >= 15 is 0 Å². The van der Waals surface area contributed by atoms with Crippen LogP contribution in [0.25, 0.3) is 0 Å². The Balaban J connectivity index is 2.77. The molecule has 0 bridgehead atoms. The minimum Gasteiger partial charge on any atom is -0.298 e. The number of nitriles is 1. The molecule has 1 N–H and O–H groups in total. The Morgan fingerprint density at radius 3 is 2.71 bits per heavy atom. The molecule has 0 saturated heterocycles. The van der Waals surface area contributed by atoms with Crippen molar-refractivity contribution in [2.24, 2.45) is 5.92 Å². The van der Waals surface area contributed by atoms with Gasteiger partial charge in [-0.2, -0.15) is 5.26 Å². The Kier molecular flexibility index (Phi) is 5.40. The summed E-state index contributed by atoms with van der Waals surface area (Å²) in [6.07, 6.45) is 0.935. The van der Waals surface area contributed by atoms with E-state index in [2.05, 4.69) is 19.2 Å². The standard InChI is InChI=1S/C13H16ClFN2/c1-9(2)6-7-17-12(8-16)13-10(14)4-3-5-11(13)15/h3-5,9,12,17H,6-7H2,1-2H3. The van der Waals surface area contributed by atoms with Crippen LogP contribution in [0.1, 0.15) is 31.9 Å². The van der Waals surface area contributed by atoms with Crippen LogP contribution in [0.15, 0.2) is 18.2 Å². The molecule has 0 aliphatic heterocycles. The van der Waals surface area contributed by atoms with Crippen LogP contribution in [0.4, 0.5) is 4.39 Å². The Labute approximate surface area is 106 Å². The molecular weight excluding hydrogens is 239 g/mol. The number of rotatable bonds is 5. The van der Waals surface area contributed by atoms with Crippen molar-refractivity contribution in [2.45, 2.75) is 26.3 Å². The molecule has 1 unspecified atom stereocenters. The van der Waals surface area contributed by atoms with Gasteiger partial charge in [0.15, 0.2) is 0 Å². The van der Waals surface area contributed by atoms with Gasteiger partial charge in [-0.25, -0.2) is 4.39 Å². The van der Waals surface area contributed by atoms with Crippen LogP contribution >= 0.6 is 11.6 Å². The fraction of sp³-hybridized carbons (Fsp3) is 0.462. The third-order valence-electron chi connectivity index (χ3n) is 2.49. The van der Waals surface area contributed by atoms with E-state index in [1.54, 1.807) is 6.07 Å². The molecule has 2 nitrogen and oxygen atoms in total. The quantitative estimate of drug-likeness (QED) is 0.870. The summed E-state index contributed by atoms with van der Waals surface area (Å²) >= 11 is 5.91. The topological polar surface area (TPSA) is 35.8 Å². The van der Waals surface area contributed by atoms with Crippen molar-refractivity contribution in [3.63, 3.8) is 0 Å². The lowest BCUT2D eigenvalue weighted by molar-refractivity contribution is 0.506. The molecule has 0 amide bonds. The normalized spacial score (nSPS) is 12.5. The van der Waals surface area contributed by atoms with E-state index in [1.807, 2.05) is 6.07 Å². The zero-order chi connectivity index (χ0) is 12.8. The van der Waals surface area contributed by atoms with Gasteiger partial charge < -0.3 is 0 Å². The van der Waals surface area contributed by atoms with E-state index < -0.39 is 11.9 Å². The highest BCUT2D eigenvalue weighted by atomic mass is 35.5. The van der Waals surface area contributed by atoms with Gasteiger partial charge in [-0.1, -0.05) is 31.5 Å². The van der Waals surface area contributed by atoms with Gasteiger partial charge in [0.25, 0.3) is 0 Å². The molecular formula is C13H16ClFN2. The van der Waals surface area contributed by atoms with Crippen molar-refractivity contribution in [1.82, 2.24) is 5.32 Å². The summed E-state index contributed by atoms with van der Waals surface area (Å²) < 4.78 is 13.6. The van der Waals surface area contributed by atoms with Crippen molar-refractivity contribution in [2.75, 3.05) is 6.54 Å². The molecule has 1 rings (SSSR count). The molecule has 0 fully saturated rings. The summed E-state index contributed by atoms with van der Waals surface area (Å²) in [5, 5.41) is 12.4. The van der Waals surface area contributed by atoms with E-state index in [4.69, 9.17) is 16.9 Å². The number of nitrogens with one attached hydrogen (secondary N) is 1. The zero-order valence-electron chi connectivity index (χ0n) is 10.0. The van der Waals surface area contributed by atoms with E-state index in [0.717, 1.165) is 6.42 Å². The van der Waals surface area contributed by atoms with Crippen LogP contribution in [0.3, 0.4) is 0 Å². The minimum atomic E-state index is -0.692. The van der Waals surface area contributed by atoms with Gasteiger partial charge in [0, 0.05) is 10.6 Å². The fourth-order valence-electron chi connectivity index (χ4n) is 1.52. The van der Waals surface area contributed by atoms with Crippen LogP contribution in [0.2, 0.25) is 5.02 Å². The van der Waals surface area contributed by atoms with Crippen molar-refractivity contribution < 1.29 is 4.39 Å². The monoisotopic (exact) mass is 254 g/mol. The highest BCUT2D eigenvalue weighted by molar-refractivity contribution is 6.31. The smallest absolute Gasteiger partial charge is 0.130 e. The van der Waals surface area contributed by atoms with Crippen LogP contribution in [0, 0.1) is 23.1 Å². The van der Waals surface area contributed by atoms with E-state index in [0.29, 0.717) is 12.5 Å². The lowest BCUT2D eigenvalue weighted by Crippen LogP contribution is -2.23. The lowest BCUT2D eigenvalue weighted by atomic mass is 10.1. The Bertz CT molecular complexity index is 392. The van der Waals surface area contributed by atoms with Crippen molar-refractivity contribution in [1.29, 1.82) is 5.26 Å². The first-order chi connectivity index (χ1) is 8.06.